The SMILES string of the molecule is Bc1ccc(-c2cnc(NCCCN3CCOCC3)nc2)cc1. The van der Waals surface area contributed by atoms with Crippen LogP contribution >= 0.6 is 0 Å². The number of anilines is 1. The van der Waals surface area contributed by atoms with Crippen molar-refractivity contribution < 1.29 is 4.74 Å². The van der Waals surface area contributed by atoms with Crippen LogP contribution in [-0.4, -0.2) is 62.1 Å². The van der Waals surface area contributed by atoms with E-state index >= 15 is 0 Å². The molecule has 23 heavy (non-hydrogen) atoms. The van der Waals surface area contributed by atoms with Gasteiger partial charge in [-0.25, -0.2) is 9.97 Å². The smallest absolute Gasteiger partial charge is 0.222 e. The fourth-order valence-corrected chi connectivity index (χ4v) is 2.64. The molecule has 1 aromatic carbocycles. The second-order valence-electron chi connectivity index (χ2n) is 5.90. The van der Waals surface area contributed by atoms with Gasteiger partial charge in [0.05, 0.1) is 13.2 Å². The molecule has 1 saturated heterocycles. The van der Waals surface area contributed by atoms with Gasteiger partial charge in [-0.1, -0.05) is 29.7 Å². The number of benzene rings is 1. The summed E-state index contributed by atoms with van der Waals surface area (Å²) in [5.74, 6) is 0.697. The largest absolute Gasteiger partial charge is 0.379 e. The number of nitrogens with one attached hydrogen (secondary N) is 1. The van der Waals surface area contributed by atoms with Crippen LogP contribution in [0, 0.1) is 0 Å². The Morgan fingerprint density at radius 1 is 1.04 bits per heavy atom. The maximum atomic E-state index is 5.35. The highest BCUT2D eigenvalue weighted by molar-refractivity contribution is 6.32. The van der Waals surface area contributed by atoms with Crippen molar-refractivity contribution in [3.05, 3.63) is 36.7 Å². The first-order chi connectivity index (χ1) is 11.3. The summed E-state index contributed by atoms with van der Waals surface area (Å²) in [6.45, 7) is 5.79. The van der Waals surface area contributed by atoms with Gasteiger partial charge in [0.2, 0.25) is 5.95 Å². The van der Waals surface area contributed by atoms with Crippen LogP contribution < -0.4 is 10.8 Å². The molecule has 5 nitrogen and oxygen atoms in total. The van der Waals surface area contributed by atoms with Gasteiger partial charge in [-0.05, 0) is 18.5 Å². The van der Waals surface area contributed by atoms with Crippen LogP contribution in [0.3, 0.4) is 0 Å². The molecule has 2 aromatic rings. The van der Waals surface area contributed by atoms with Crippen LogP contribution in [0.25, 0.3) is 11.1 Å². The van der Waals surface area contributed by atoms with Crippen molar-refractivity contribution in [3.63, 3.8) is 0 Å². The number of morpholine rings is 1. The van der Waals surface area contributed by atoms with Crippen LogP contribution in [0.15, 0.2) is 36.7 Å². The van der Waals surface area contributed by atoms with E-state index in [1.807, 2.05) is 12.4 Å². The molecule has 120 valence electrons. The number of hydrogen-bond donors (Lipinski definition) is 1. The summed E-state index contributed by atoms with van der Waals surface area (Å²) in [6.07, 6.45) is 4.84. The number of rotatable bonds is 6. The zero-order chi connectivity index (χ0) is 15.9. The summed E-state index contributed by atoms with van der Waals surface area (Å²) in [6, 6.07) is 8.41. The summed E-state index contributed by atoms with van der Waals surface area (Å²) in [7, 11) is 2.09. The standard InChI is InChI=1S/C17H23BN4O/c18-16-4-2-14(3-5-16)15-12-20-17(21-13-15)19-6-1-7-22-8-10-23-11-9-22/h2-5,12-13H,1,6-11,18H2,(H,19,20,21). The Labute approximate surface area is 138 Å². The van der Waals surface area contributed by atoms with Crippen LogP contribution in [0.1, 0.15) is 6.42 Å². The third-order valence-corrected chi connectivity index (χ3v) is 4.07. The van der Waals surface area contributed by atoms with Crippen molar-refractivity contribution in [2.45, 2.75) is 6.42 Å². The van der Waals surface area contributed by atoms with Gasteiger partial charge >= 0.3 is 0 Å². The molecule has 6 heteroatoms. The van der Waals surface area contributed by atoms with E-state index in [-0.39, 0.29) is 0 Å². The highest BCUT2D eigenvalue weighted by atomic mass is 16.5. The van der Waals surface area contributed by atoms with Gasteiger partial charge in [0, 0.05) is 37.6 Å². The first-order valence-electron chi connectivity index (χ1n) is 8.24. The zero-order valence-corrected chi connectivity index (χ0v) is 13.7. The lowest BCUT2D eigenvalue weighted by Crippen LogP contribution is -2.37. The Bertz CT molecular complexity index is 597. The van der Waals surface area contributed by atoms with Crippen molar-refractivity contribution in [2.75, 3.05) is 44.7 Å². The predicted molar refractivity (Wildman–Crippen MR) is 96.0 cm³/mol. The molecule has 1 fully saturated rings. The monoisotopic (exact) mass is 310 g/mol. The van der Waals surface area contributed by atoms with Crippen molar-refractivity contribution in [1.82, 2.24) is 14.9 Å². The average Bonchev–Trinajstić information content (AvgIpc) is 2.61. The first kappa shape index (κ1) is 16.0. The Morgan fingerprint density at radius 3 is 2.43 bits per heavy atom. The molecule has 0 amide bonds. The van der Waals surface area contributed by atoms with E-state index < -0.39 is 0 Å². The van der Waals surface area contributed by atoms with E-state index in [2.05, 4.69) is 52.3 Å². The molecule has 0 aliphatic carbocycles. The Hall–Kier alpha value is -1.92. The minimum atomic E-state index is 0.697. The number of aromatic nitrogens is 2. The van der Waals surface area contributed by atoms with Gasteiger partial charge in [-0.2, -0.15) is 0 Å². The van der Waals surface area contributed by atoms with Crippen LogP contribution in [-0.2, 0) is 4.74 Å². The van der Waals surface area contributed by atoms with E-state index in [1.165, 1.54) is 5.46 Å². The van der Waals surface area contributed by atoms with Gasteiger partial charge in [-0.15, -0.1) is 0 Å². The van der Waals surface area contributed by atoms with E-state index in [4.69, 9.17) is 4.74 Å². The van der Waals surface area contributed by atoms with Crippen LogP contribution in [0.2, 0.25) is 0 Å². The van der Waals surface area contributed by atoms with Crippen molar-refractivity contribution in [2.24, 2.45) is 0 Å². The van der Waals surface area contributed by atoms with Crippen molar-refractivity contribution >= 4 is 19.3 Å². The maximum absolute atomic E-state index is 5.35. The molecule has 0 bridgehead atoms. The second-order valence-corrected chi connectivity index (χ2v) is 5.90. The summed E-state index contributed by atoms with van der Waals surface area (Å²) in [5, 5.41) is 3.29. The molecule has 3 rings (SSSR count). The Morgan fingerprint density at radius 2 is 1.74 bits per heavy atom. The highest BCUT2D eigenvalue weighted by Crippen LogP contribution is 2.16. The van der Waals surface area contributed by atoms with E-state index in [1.54, 1.807) is 0 Å². The lowest BCUT2D eigenvalue weighted by Gasteiger charge is -2.26. The number of ether oxygens (including phenoxy) is 1. The molecule has 0 unspecified atom stereocenters. The summed E-state index contributed by atoms with van der Waals surface area (Å²) in [5.41, 5.74) is 3.45. The maximum Gasteiger partial charge on any atom is 0.222 e. The topological polar surface area (TPSA) is 50.3 Å². The van der Waals surface area contributed by atoms with Crippen LogP contribution in [0.4, 0.5) is 5.95 Å². The Balaban J connectivity index is 1.45. The van der Waals surface area contributed by atoms with Gasteiger partial charge in [0.15, 0.2) is 0 Å². The van der Waals surface area contributed by atoms with Gasteiger partial charge in [0.25, 0.3) is 0 Å². The third kappa shape index (κ3) is 4.78. The lowest BCUT2D eigenvalue weighted by atomic mass is 9.94. The van der Waals surface area contributed by atoms with Gasteiger partial charge in [0.1, 0.15) is 7.85 Å². The fraction of sp³-hybridized carbons (Fsp3) is 0.412. The summed E-state index contributed by atoms with van der Waals surface area (Å²) >= 11 is 0. The molecule has 0 radical (unpaired) electrons. The fourth-order valence-electron chi connectivity index (χ4n) is 2.64. The van der Waals surface area contributed by atoms with E-state index in [0.29, 0.717) is 5.95 Å². The minimum absolute atomic E-state index is 0.697. The summed E-state index contributed by atoms with van der Waals surface area (Å²) in [4.78, 5) is 11.2. The van der Waals surface area contributed by atoms with Crippen molar-refractivity contribution in [3.8, 4) is 11.1 Å². The second kappa shape index (κ2) is 8.08. The predicted octanol–water partition coefficient (Wildman–Crippen LogP) is 0.536. The molecule has 1 aromatic heterocycles. The average molecular weight is 310 g/mol. The molecular weight excluding hydrogens is 287 g/mol. The Kier molecular flexibility index (Phi) is 5.61. The number of hydrogen-bond acceptors (Lipinski definition) is 5. The molecule has 1 N–H and O–H groups in total. The minimum Gasteiger partial charge on any atom is -0.379 e. The molecule has 0 spiro atoms. The molecule has 1 aliphatic heterocycles. The quantitative estimate of drug-likeness (QED) is 0.623. The molecular formula is C17H23BN4O. The van der Waals surface area contributed by atoms with Gasteiger partial charge < -0.3 is 10.1 Å². The highest BCUT2D eigenvalue weighted by Gasteiger charge is 2.09. The zero-order valence-electron chi connectivity index (χ0n) is 13.7. The van der Waals surface area contributed by atoms with E-state index in [0.717, 1.165) is 56.9 Å². The lowest BCUT2D eigenvalue weighted by molar-refractivity contribution is 0.0378. The molecule has 1 aliphatic rings. The molecule has 2 heterocycles. The van der Waals surface area contributed by atoms with Crippen LogP contribution in [0.5, 0.6) is 0 Å². The first-order valence-corrected chi connectivity index (χ1v) is 8.24. The number of nitrogens with zero attached hydrogens (tertiary/aromatic N) is 3. The normalized spacial score (nSPS) is 15.5. The van der Waals surface area contributed by atoms with E-state index in [9.17, 15) is 0 Å². The summed E-state index contributed by atoms with van der Waals surface area (Å²) < 4.78 is 5.35. The third-order valence-electron chi connectivity index (χ3n) is 4.07. The molecule has 0 saturated carbocycles. The van der Waals surface area contributed by atoms with Gasteiger partial charge in [-0.3, -0.25) is 4.90 Å². The van der Waals surface area contributed by atoms with Crippen molar-refractivity contribution in [1.29, 1.82) is 0 Å². The molecule has 0 atom stereocenters.